The van der Waals surface area contributed by atoms with Crippen LogP contribution >= 0.6 is 0 Å². The minimum Gasteiger partial charge on any atom is -0.333 e. The van der Waals surface area contributed by atoms with Gasteiger partial charge in [0.05, 0.1) is 12.4 Å². The topological polar surface area (TPSA) is 59.0 Å². The van der Waals surface area contributed by atoms with Gasteiger partial charge in [0.25, 0.3) is 0 Å². The molecule has 0 spiro atoms. The summed E-state index contributed by atoms with van der Waals surface area (Å²) in [4.78, 5) is 16.1. The molecule has 0 bridgehead atoms. The second-order valence-corrected chi connectivity index (χ2v) is 5.07. The zero-order valence-electron chi connectivity index (χ0n) is 11.2. The van der Waals surface area contributed by atoms with Crippen molar-refractivity contribution >= 4 is 11.6 Å². The van der Waals surface area contributed by atoms with Gasteiger partial charge in [0.2, 0.25) is 5.91 Å². The molecule has 1 atom stereocenters. The molecule has 104 valence electrons. The molecule has 1 unspecified atom stereocenters. The van der Waals surface area contributed by atoms with Crippen molar-refractivity contribution in [2.75, 3.05) is 11.9 Å². The maximum Gasteiger partial charge on any atom is 0.241 e. The van der Waals surface area contributed by atoms with Crippen molar-refractivity contribution in [3.63, 3.8) is 0 Å². The van der Waals surface area contributed by atoms with Gasteiger partial charge in [0.15, 0.2) is 0 Å². The number of amides is 1. The van der Waals surface area contributed by atoms with Crippen LogP contribution in [0.15, 0.2) is 43.0 Å². The van der Waals surface area contributed by atoms with Gasteiger partial charge in [-0.25, -0.2) is 4.98 Å². The molecule has 2 N–H and O–H groups in total. The first-order chi connectivity index (χ1) is 9.81. The summed E-state index contributed by atoms with van der Waals surface area (Å²) in [5.74, 6) is 0.0577. The lowest BCUT2D eigenvalue weighted by molar-refractivity contribution is -0.117. The lowest BCUT2D eigenvalue weighted by Crippen LogP contribution is -2.35. The second kappa shape index (κ2) is 5.88. The van der Waals surface area contributed by atoms with Crippen molar-refractivity contribution in [3.8, 4) is 0 Å². The third kappa shape index (κ3) is 3.05. The molecule has 5 nitrogen and oxygen atoms in total. The van der Waals surface area contributed by atoms with Crippen LogP contribution < -0.4 is 10.6 Å². The van der Waals surface area contributed by atoms with Gasteiger partial charge in [-0.15, -0.1) is 0 Å². The molecule has 3 rings (SSSR count). The van der Waals surface area contributed by atoms with Crippen LogP contribution in [0.1, 0.15) is 18.4 Å². The average molecular weight is 270 g/mol. The average Bonchev–Trinajstić information content (AvgIpc) is 3.12. The first kappa shape index (κ1) is 12.9. The molecule has 20 heavy (non-hydrogen) atoms. The van der Waals surface area contributed by atoms with E-state index in [4.69, 9.17) is 0 Å². The summed E-state index contributed by atoms with van der Waals surface area (Å²) in [5.41, 5.74) is 1.99. The smallest absolute Gasteiger partial charge is 0.241 e. The minimum atomic E-state index is -0.0488. The van der Waals surface area contributed by atoms with Gasteiger partial charge in [-0.05, 0) is 37.1 Å². The van der Waals surface area contributed by atoms with Crippen LogP contribution in [0.4, 0.5) is 5.69 Å². The zero-order valence-corrected chi connectivity index (χ0v) is 11.2. The van der Waals surface area contributed by atoms with Gasteiger partial charge < -0.3 is 15.2 Å². The number of hydrogen-bond donors (Lipinski definition) is 2. The molecule has 1 fully saturated rings. The molecule has 1 aromatic heterocycles. The quantitative estimate of drug-likeness (QED) is 0.887. The predicted octanol–water partition coefficient (Wildman–Crippen LogP) is 1.62. The molecule has 0 radical (unpaired) electrons. The van der Waals surface area contributed by atoms with E-state index in [1.807, 2.05) is 35.0 Å². The summed E-state index contributed by atoms with van der Waals surface area (Å²) in [7, 11) is 0. The van der Waals surface area contributed by atoms with Crippen LogP contribution in [0.5, 0.6) is 0 Å². The Morgan fingerprint density at radius 3 is 3.20 bits per heavy atom. The lowest BCUT2D eigenvalue weighted by atomic mass is 10.1. The van der Waals surface area contributed by atoms with Crippen molar-refractivity contribution < 1.29 is 4.79 Å². The first-order valence-corrected chi connectivity index (χ1v) is 6.90. The highest BCUT2D eigenvalue weighted by atomic mass is 16.2. The largest absolute Gasteiger partial charge is 0.333 e. The summed E-state index contributed by atoms with van der Waals surface area (Å²) < 4.78 is 2.00. The van der Waals surface area contributed by atoms with Gasteiger partial charge in [0.1, 0.15) is 0 Å². The van der Waals surface area contributed by atoms with Crippen LogP contribution in [0.25, 0.3) is 0 Å². The minimum absolute atomic E-state index is 0.0488. The molecular formula is C15H18N4O. The third-order valence-corrected chi connectivity index (χ3v) is 3.50. The number of hydrogen-bond acceptors (Lipinski definition) is 3. The molecule has 0 aliphatic carbocycles. The van der Waals surface area contributed by atoms with Crippen LogP contribution in [-0.4, -0.2) is 28.0 Å². The van der Waals surface area contributed by atoms with Crippen molar-refractivity contribution in [1.29, 1.82) is 0 Å². The molecule has 1 aliphatic rings. The molecule has 1 aliphatic heterocycles. The number of benzene rings is 1. The van der Waals surface area contributed by atoms with E-state index < -0.39 is 0 Å². The fraction of sp³-hybridized carbons (Fsp3) is 0.333. The monoisotopic (exact) mass is 270 g/mol. The highest BCUT2D eigenvalue weighted by molar-refractivity contribution is 5.95. The first-order valence-electron chi connectivity index (χ1n) is 6.90. The maximum atomic E-state index is 12.1. The number of rotatable bonds is 4. The Morgan fingerprint density at radius 1 is 1.50 bits per heavy atom. The molecule has 1 saturated heterocycles. The van der Waals surface area contributed by atoms with Crippen LogP contribution in [-0.2, 0) is 11.3 Å². The van der Waals surface area contributed by atoms with E-state index >= 15 is 0 Å². The Bertz CT molecular complexity index is 573. The van der Waals surface area contributed by atoms with Crippen molar-refractivity contribution in [2.45, 2.75) is 25.4 Å². The summed E-state index contributed by atoms with van der Waals surface area (Å²) in [6, 6.07) is 7.89. The summed E-state index contributed by atoms with van der Waals surface area (Å²) >= 11 is 0. The van der Waals surface area contributed by atoms with E-state index in [0.29, 0.717) is 0 Å². The van der Waals surface area contributed by atoms with Gasteiger partial charge in [-0.2, -0.15) is 0 Å². The Balaban J connectivity index is 1.66. The number of nitrogens with one attached hydrogen (secondary N) is 2. The molecule has 2 aromatic rings. The summed E-state index contributed by atoms with van der Waals surface area (Å²) in [5, 5.41) is 6.18. The SMILES string of the molecule is O=C(Nc1cccc(Cn2ccnc2)c1)C1CCCN1. The van der Waals surface area contributed by atoms with E-state index in [-0.39, 0.29) is 11.9 Å². The Hall–Kier alpha value is -2.14. The molecule has 0 saturated carbocycles. The highest BCUT2D eigenvalue weighted by Crippen LogP contribution is 2.14. The highest BCUT2D eigenvalue weighted by Gasteiger charge is 2.21. The fourth-order valence-electron chi connectivity index (χ4n) is 2.48. The fourth-order valence-corrected chi connectivity index (χ4v) is 2.48. The number of nitrogens with zero attached hydrogens (tertiary/aromatic N) is 2. The third-order valence-electron chi connectivity index (χ3n) is 3.50. The van der Waals surface area contributed by atoms with E-state index in [9.17, 15) is 4.79 Å². The van der Waals surface area contributed by atoms with Gasteiger partial charge in [-0.3, -0.25) is 4.79 Å². The molecule has 5 heteroatoms. The number of imidazole rings is 1. The van der Waals surface area contributed by atoms with E-state index in [1.165, 1.54) is 0 Å². The Kier molecular flexibility index (Phi) is 3.78. The Labute approximate surface area is 118 Å². The van der Waals surface area contributed by atoms with Crippen molar-refractivity contribution in [2.24, 2.45) is 0 Å². The predicted molar refractivity (Wildman–Crippen MR) is 77.4 cm³/mol. The van der Waals surface area contributed by atoms with E-state index in [0.717, 1.165) is 37.2 Å². The second-order valence-electron chi connectivity index (χ2n) is 5.07. The van der Waals surface area contributed by atoms with Gasteiger partial charge in [-0.1, -0.05) is 12.1 Å². The van der Waals surface area contributed by atoms with Crippen LogP contribution in [0, 0.1) is 0 Å². The lowest BCUT2D eigenvalue weighted by Gasteiger charge is -2.12. The summed E-state index contributed by atoms with van der Waals surface area (Å²) in [6.45, 7) is 1.68. The summed E-state index contributed by atoms with van der Waals surface area (Å²) in [6.07, 6.45) is 7.46. The molecule has 1 amide bonds. The normalized spacial score (nSPS) is 18.1. The van der Waals surface area contributed by atoms with Crippen LogP contribution in [0.2, 0.25) is 0 Å². The van der Waals surface area contributed by atoms with Gasteiger partial charge in [0, 0.05) is 24.6 Å². The van der Waals surface area contributed by atoms with E-state index in [2.05, 4.69) is 15.6 Å². The number of aromatic nitrogens is 2. The number of anilines is 1. The number of carbonyl (C=O) groups is 1. The van der Waals surface area contributed by atoms with Gasteiger partial charge >= 0.3 is 0 Å². The zero-order chi connectivity index (χ0) is 13.8. The van der Waals surface area contributed by atoms with E-state index in [1.54, 1.807) is 12.5 Å². The molecule has 1 aromatic carbocycles. The maximum absolute atomic E-state index is 12.1. The standard InChI is InChI=1S/C15H18N4O/c20-15(14-5-2-6-17-14)18-13-4-1-3-12(9-13)10-19-8-7-16-11-19/h1,3-4,7-9,11,14,17H,2,5-6,10H2,(H,18,20). The Morgan fingerprint density at radius 2 is 2.45 bits per heavy atom. The number of carbonyl (C=O) groups excluding carboxylic acids is 1. The van der Waals surface area contributed by atoms with Crippen LogP contribution in [0.3, 0.4) is 0 Å². The molecule has 2 heterocycles. The molecular weight excluding hydrogens is 252 g/mol. The van der Waals surface area contributed by atoms with Crippen molar-refractivity contribution in [1.82, 2.24) is 14.9 Å². The van der Waals surface area contributed by atoms with Crippen molar-refractivity contribution in [3.05, 3.63) is 48.5 Å².